The zero-order valence-electron chi connectivity index (χ0n) is 13.6. The lowest BCUT2D eigenvalue weighted by molar-refractivity contribution is -0.0423. The summed E-state index contributed by atoms with van der Waals surface area (Å²) in [6.45, 7) is 15.8. The topological polar surface area (TPSA) is 27.7 Å². The van der Waals surface area contributed by atoms with Crippen LogP contribution in [0.2, 0.25) is 0 Å². The summed E-state index contributed by atoms with van der Waals surface area (Å²) in [4.78, 5) is 5.14. The molecular weight excluding hydrogens is 250 g/mol. The van der Waals surface area contributed by atoms with Crippen molar-refractivity contribution in [3.63, 3.8) is 0 Å². The number of nitrogens with one attached hydrogen (secondary N) is 1. The molecule has 0 aromatic carbocycles. The molecule has 118 valence electrons. The van der Waals surface area contributed by atoms with Crippen LogP contribution in [0.25, 0.3) is 0 Å². The predicted octanol–water partition coefficient (Wildman–Crippen LogP) is 1.42. The second-order valence-electron chi connectivity index (χ2n) is 6.45. The van der Waals surface area contributed by atoms with E-state index in [0.29, 0.717) is 12.1 Å². The number of ether oxygens (including phenoxy) is 1. The largest absolute Gasteiger partial charge is 0.374 e. The molecule has 0 saturated carbocycles. The zero-order chi connectivity index (χ0) is 14.4. The highest BCUT2D eigenvalue weighted by atomic mass is 16.5. The first kappa shape index (κ1) is 16.2. The number of hydrogen-bond acceptors (Lipinski definition) is 4. The summed E-state index contributed by atoms with van der Waals surface area (Å²) in [7, 11) is 0. The molecule has 2 aliphatic heterocycles. The van der Waals surface area contributed by atoms with E-state index >= 15 is 0 Å². The second-order valence-corrected chi connectivity index (χ2v) is 6.45. The quantitative estimate of drug-likeness (QED) is 0.826. The van der Waals surface area contributed by atoms with Gasteiger partial charge in [0.05, 0.1) is 12.7 Å². The highest BCUT2D eigenvalue weighted by molar-refractivity contribution is 4.83. The van der Waals surface area contributed by atoms with Crippen LogP contribution in [0, 0.1) is 5.92 Å². The van der Waals surface area contributed by atoms with Gasteiger partial charge >= 0.3 is 0 Å². The molecule has 4 heteroatoms. The van der Waals surface area contributed by atoms with Crippen molar-refractivity contribution >= 4 is 0 Å². The Morgan fingerprint density at radius 3 is 2.80 bits per heavy atom. The van der Waals surface area contributed by atoms with Gasteiger partial charge < -0.3 is 10.1 Å². The minimum atomic E-state index is 0.402. The Labute approximate surface area is 124 Å². The Morgan fingerprint density at radius 2 is 2.05 bits per heavy atom. The first-order valence-corrected chi connectivity index (χ1v) is 8.52. The first-order chi connectivity index (χ1) is 9.72. The van der Waals surface area contributed by atoms with E-state index in [1.54, 1.807) is 0 Å². The van der Waals surface area contributed by atoms with Gasteiger partial charge in [0.2, 0.25) is 0 Å². The summed E-state index contributed by atoms with van der Waals surface area (Å²) in [5.74, 6) is 0.759. The fourth-order valence-corrected chi connectivity index (χ4v) is 3.32. The Kier molecular flexibility index (Phi) is 6.75. The van der Waals surface area contributed by atoms with Crippen molar-refractivity contribution in [2.24, 2.45) is 5.92 Å². The number of rotatable bonds is 5. The van der Waals surface area contributed by atoms with Crippen LogP contribution in [0.4, 0.5) is 0 Å². The highest BCUT2D eigenvalue weighted by Gasteiger charge is 2.26. The molecule has 20 heavy (non-hydrogen) atoms. The smallest absolute Gasteiger partial charge is 0.0829 e. The summed E-state index contributed by atoms with van der Waals surface area (Å²) in [6.07, 6.45) is 2.92. The van der Waals surface area contributed by atoms with Gasteiger partial charge in [-0.25, -0.2) is 0 Å². The van der Waals surface area contributed by atoms with Crippen LogP contribution in [0.5, 0.6) is 0 Å². The van der Waals surface area contributed by atoms with Gasteiger partial charge in [0.1, 0.15) is 0 Å². The number of nitrogens with zero attached hydrogens (tertiary/aromatic N) is 2. The number of likely N-dealkylation sites (N-methyl/N-ethyl adjacent to an activating group) is 1. The van der Waals surface area contributed by atoms with E-state index in [1.165, 1.54) is 25.9 Å². The molecule has 0 radical (unpaired) electrons. The molecule has 0 spiro atoms. The van der Waals surface area contributed by atoms with Crippen LogP contribution in [0.1, 0.15) is 33.6 Å². The highest BCUT2D eigenvalue weighted by Crippen LogP contribution is 2.14. The maximum absolute atomic E-state index is 5.97. The van der Waals surface area contributed by atoms with Gasteiger partial charge in [0, 0.05) is 32.2 Å². The standard InChI is InChI=1S/C16H33N3O/c1-4-14(3)16-13-19(8-6-7-17-16)12-15-11-18(5-2)9-10-20-15/h14-17H,4-13H2,1-3H3. The van der Waals surface area contributed by atoms with E-state index in [9.17, 15) is 0 Å². The summed E-state index contributed by atoms with van der Waals surface area (Å²) >= 11 is 0. The van der Waals surface area contributed by atoms with E-state index in [4.69, 9.17) is 4.74 Å². The maximum atomic E-state index is 5.97. The second kappa shape index (κ2) is 8.32. The Bertz CT molecular complexity index is 274. The van der Waals surface area contributed by atoms with E-state index in [2.05, 4.69) is 35.9 Å². The van der Waals surface area contributed by atoms with Crippen LogP contribution in [-0.2, 0) is 4.74 Å². The molecule has 2 heterocycles. The van der Waals surface area contributed by atoms with Gasteiger partial charge in [-0.3, -0.25) is 9.80 Å². The molecule has 3 unspecified atom stereocenters. The van der Waals surface area contributed by atoms with Crippen LogP contribution < -0.4 is 5.32 Å². The Morgan fingerprint density at radius 1 is 1.20 bits per heavy atom. The van der Waals surface area contributed by atoms with Crippen molar-refractivity contribution in [2.45, 2.75) is 45.8 Å². The summed E-state index contributed by atoms with van der Waals surface area (Å²) < 4.78 is 5.97. The fraction of sp³-hybridized carbons (Fsp3) is 1.00. The van der Waals surface area contributed by atoms with Gasteiger partial charge in [-0.15, -0.1) is 0 Å². The minimum absolute atomic E-state index is 0.402. The summed E-state index contributed by atoms with van der Waals surface area (Å²) in [5, 5.41) is 3.73. The zero-order valence-corrected chi connectivity index (χ0v) is 13.6. The third-order valence-corrected chi connectivity index (χ3v) is 4.98. The van der Waals surface area contributed by atoms with Gasteiger partial charge in [-0.2, -0.15) is 0 Å². The Balaban J connectivity index is 1.83. The maximum Gasteiger partial charge on any atom is 0.0829 e. The van der Waals surface area contributed by atoms with E-state index in [-0.39, 0.29) is 0 Å². The van der Waals surface area contributed by atoms with Crippen molar-refractivity contribution < 1.29 is 4.74 Å². The summed E-state index contributed by atoms with van der Waals surface area (Å²) in [5.41, 5.74) is 0. The van der Waals surface area contributed by atoms with Crippen LogP contribution in [-0.4, -0.2) is 74.4 Å². The van der Waals surface area contributed by atoms with Crippen molar-refractivity contribution in [1.29, 1.82) is 0 Å². The van der Waals surface area contributed by atoms with E-state index in [0.717, 1.165) is 45.2 Å². The van der Waals surface area contributed by atoms with Gasteiger partial charge in [0.15, 0.2) is 0 Å². The molecule has 2 aliphatic rings. The van der Waals surface area contributed by atoms with Crippen molar-refractivity contribution in [2.75, 3.05) is 52.4 Å². The fourth-order valence-electron chi connectivity index (χ4n) is 3.32. The van der Waals surface area contributed by atoms with Crippen molar-refractivity contribution in [1.82, 2.24) is 15.1 Å². The van der Waals surface area contributed by atoms with E-state index < -0.39 is 0 Å². The SMILES string of the molecule is CCC(C)C1CN(CC2CN(CC)CCO2)CCCN1. The van der Waals surface area contributed by atoms with Crippen molar-refractivity contribution in [3.05, 3.63) is 0 Å². The predicted molar refractivity (Wildman–Crippen MR) is 84.2 cm³/mol. The molecule has 0 amide bonds. The van der Waals surface area contributed by atoms with Gasteiger partial charge in [-0.05, 0) is 32.0 Å². The first-order valence-electron chi connectivity index (χ1n) is 8.52. The van der Waals surface area contributed by atoms with Crippen LogP contribution >= 0.6 is 0 Å². The molecule has 0 aromatic heterocycles. The van der Waals surface area contributed by atoms with Crippen molar-refractivity contribution in [3.8, 4) is 0 Å². The molecule has 0 bridgehead atoms. The molecule has 2 saturated heterocycles. The average molecular weight is 283 g/mol. The lowest BCUT2D eigenvalue weighted by atomic mass is 9.99. The molecule has 0 aromatic rings. The molecule has 3 atom stereocenters. The molecule has 2 rings (SSSR count). The normalized spacial score (nSPS) is 31.9. The third kappa shape index (κ3) is 4.69. The molecule has 0 aliphatic carbocycles. The monoisotopic (exact) mass is 283 g/mol. The van der Waals surface area contributed by atoms with E-state index in [1.807, 2.05) is 0 Å². The summed E-state index contributed by atoms with van der Waals surface area (Å²) in [6, 6.07) is 0.647. The molecule has 4 nitrogen and oxygen atoms in total. The lowest BCUT2D eigenvalue weighted by Crippen LogP contribution is -2.49. The van der Waals surface area contributed by atoms with Gasteiger partial charge in [-0.1, -0.05) is 27.2 Å². The molecular formula is C16H33N3O. The third-order valence-electron chi connectivity index (χ3n) is 4.98. The van der Waals surface area contributed by atoms with Gasteiger partial charge in [0.25, 0.3) is 0 Å². The van der Waals surface area contributed by atoms with Crippen LogP contribution in [0.15, 0.2) is 0 Å². The van der Waals surface area contributed by atoms with Crippen LogP contribution in [0.3, 0.4) is 0 Å². The minimum Gasteiger partial charge on any atom is -0.374 e. The molecule has 2 fully saturated rings. The average Bonchev–Trinajstić information content (AvgIpc) is 2.72. The number of hydrogen-bond donors (Lipinski definition) is 1. The molecule has 1 N–H and O–H groups in total. The Hall–Kier alpha value is -0.160. The lowest BCUT2D eigenvalue weighted by Gasteiger charge is -2.36. The number of morpholine rings is 1.